The quantitative estimate of drug-likeness (QED) is 0.136. The third-order valence-corrected chi connectivity index (χ3v) is 14.7. The van der Waals surface area contributed by atoms with Crippen molar-refractivity contribution in [3.8, 4) is 0 Å². The number of hydrogen-bond donors (Lipinski definition) is 6. The van der Waals surface area contributed by atoms with Crippen molar-refractivity contribution in [2.45, 2.75) is 161 Å². The van der Waals surface area contributed by atoms with Crippen LogP contribution in [0.1, 0.15) is 142 Å². The summed E-state index contributed by atoms with van der Waals surface area (Å²) >= 11 is 0. The second-order valence-electron chi connectivity index (χ2n) is 20.0. The second kappa shape index (κ2) is 16.6. The topological polar surface area (TPSA) is 206 Å². The van der Waals surface area contributed by atoms with E-state index in [1.54, 1.807) is 6.92 Å². The van der Waals surface area contributed by atoms with E-state index in [1.807, 2.05) is 65.0 Å². The Balaban J connectivity index is 1.17. The fraction of sp³-hybridized carbons (Fsp3) is 0.617. The van der Waals surface area contributed by atoms with Crippen LogP contribution in [0.3, 0.4) is 0 Å². The van der Waals surface area contributed by atoms with Gasteiger partial charge in [0.1, 0.15) is 11.6 Å². The number of fused-ring (bicyclic) bond motifs is 6. The molecule has 1 unspecified atom stereocenters. The number of carboxylic acids is 1. The highest BCUT2D eigenvalue weighted by Crippen LogP contribution is 2.60. The molecule has 0 bridgehead atoms. The van der Waals surface area contributed by atoms with Crippen LogP contribution in [0.15, 0.2) is 36.4 Å². The molecule has 5 amide bonds. The van der Waals surface area contributed by atoms with E-state index in [1.165, 1.54) is 5.56 Å². The zero-order valence-electron chi connectivity index (χ0n) is 36.6. The van der Waals surface area contributed by atoms with E-state index in [9.17, 15) is 28.8 Å². The number of hydrogen-bond acceptors (Lipinski definition) is 8. The summed E-state index contributed by atoms with van der Waals surface area (Å²) in [6, 6.07) is 9.92. The number of imide groups is 1. The maximum absolute atomic E-state index is 14.7. The lowest BCUT2D eigenvalue weighted by molar-refractivity contribution is -0.150. The fourth-order valence-electron chi connectivity index (χ4n) is 11.5. The second-order valence-corrected chi connectivity index (χ2v) is 20.0. The van der Waals surface area contributed by atoms with E-state index in [4.69, 9.17) is 15.6 Å². The number of nitrogens with one attached hydrogen (secondary N) is 4. The Morgan fingerprint density at radius 3 is 1.72 bits per heavy atom. The number of ether oxygens (including phenoxy) is 1. The van der Waals surface area contributed by atoms with Gasteiger partial charge in [-0.3, -0.25) is 34.6 Å². The van der Waals surface area contributed by atoms with Gasteiger partial charge in [-0.25, -0.2) is 4.79 Å². The molecular weight excluding hydrogens is 763 g/mol. The number of carbonyl (C=O) groups excluding carboxylic acids is 5. The van der Waals surface area contributed by atoms with Gasteiger partial charge in [0.15, 0.2) is 0 Å². The molecule has 8 atom stereocenters. The Morgan fingerprint density at radius 2 is 1.25 bits per heavy atom. The third kappa shape index (κ3) is 8.69. The van der Waals surface area contributed by atoms with E-state index in [-0.39, 0.29) is 41.9 Å². The van der Waals surface area contributed by atoms with Gasteiger partial charge >= 0.3 is 12.1 Å². The van der Waals surface area contributed by atoms with Crippen LogP contribution < -0.4 is 27.0 Å². The normalized spacial score (nSPS) is 29.1. The van der Waals surface area contributed by atoms with Gasteiger partial charge in [-0.1, -0.05) is 52.7 Å². The first kappa shape index (κ1) is 44.8. The molecule has 13 nitrogen and oxygen atoms in total. The Kier molecular flexibility index (Phi) is 12.4. The van der Waals surface area contributed by atoms with Crippen molar-refractivity contribution in [1.82, 2.24) is 10.6 Å². The van der Waals surface area contributed by atoms with Gasteiger partial charge in [-0.2, -0.15) is 0 Å². The number of carboxylic acid groups (broad SMARTS) is 1. The van der Waals surface area contributed by atoms with Gasteiger partial charge in [0, 0.05) is 17.8 Å². The average molecular weight is 828 g/mol. The maximum atomic E-state index is 14.7. The largest absolute Gasteiger partial charge is 0.481 e. The molecule has 0 radical (unpaired) electrons. The minimum absolute atomic E-state index is 0.0137. The smallest absolute Gasteiger partial charge is 0.412 e. The molecular formula is C47H65N5O8. The molecule has 4 aliphatic carbocycles. The summed E-state index contributed by atoms with van der Waals surface area (Å²) in [5, 5.41) is 20.3. The van der Waals surface area contributed by atoms with Crippen molar-refractivity contribution in [3.63, 3.8) is 0 Å². The summed E-state index contributed by atoms with van der Waals surface area (Å²) in [5.41, 5.74) is 8.70. The summed E-state index contributed by atoms with van der Waals surface area (Å²) in [7, 11) is 0. The molecule has 0 spiro atoms. The highest BCUT2D eigenvalue weighted by Gasteiger charge is 2.58. The predicted octanol–water partition coefficient (Wildman–Crippen LogP) is 7.03. The molecule has 0 saturated heterocycles. The zero-order chi connectivity index (χ0) is 44.0. The van der Waals surface area contributed by atoms with Crippen molar-refractivity contribution in [2.75, 3.05) is 10.6 Å². The van der Waals surface area contributed by atoms with E-state index in [2.05, 4.69) is 41.2 Å². The molecule has 2 fully saturated rings. The number of aryl methyl sites for hydroxylation is 2. The van der Waals surface area contributed by atoms with Crippen LogP contribution in [0, 0.1) is 22.7 Å². The SMILES string of the molecule is C[C@H](NC(=O)C(N)CCC(=O)O)C(=O)Nc1ccc2c(c1)[C@@]1(C)CCC[C@](C)(C(=O)NC(=O)[C@@]3(C)CCC[C@]4(C)c5cc(NC(=O)OC(C)(C)C)ccc5CC[C@@H]34)[C@@H]1CC2. The van der Waals surface area contributed by atoms with Crippen molar-refractivity contribution < 1.29 is 38.6 Å². The monoisotopic (exact) mass is 827 g/mol. The summed E-state index contributed by atoms with van der Waals surface area (Å²) < 4.78 is 5.51. The van der Waals surface area contributed by atoms with Gasteiger partial charge in [0.2, 0.25) is 23.6 Å². The Labute approximate surface area is 354 Å². The van der Waals surface area contributed by atoms with Gasteiger partial charge in [-0.05, 0) is 155 Å². The Hall–Kier alpha value is -4.78. The average Bonchev–Trinajstić information content (AvgIpc) is 3.16. The lowest BCUT2D eigenvalue weighted by Gasteiger charge is -2.56. The molecule has 6 rings (SSSR count). The van der Waals surface area contributed by atoms with Crippen LogP contribution in [-0.4, -0.2) is 58.5 Å². The molecule has 60 heavy (non-hydrogen) atoms. The van der Waals surface area contributed by atoms with Crippen LogP contribution in [0.5, 0.6) is 0 Å². The van der Waals surface area contributed by atoms with Crippen LogP contribution >= 0.6 is 0 Å². The molecule has 0 aromatic heterocycles. The highest BCUT2D eigenvalue weighted by atomic mass is 16.6. The number of carbonyl (C=O) groups is 6. The maximum Gasteiger partial charge on any atom is 0.412 e. The van der Waals surface area contributed by atoms with E-state index in [0.717, 1.165) is 68.1 Å². The van der Waals surface area contributed by atoms with Gasteiger partial charge in [0.25, 0.3) is 0 Å². The lowest BCUT2D eigenvalue weighted by atomic mass is 9.49. The molecule has 4 aliphatic rings. The van der Waals surface area contributed by atoms with E-state index in [0.29, 0.717) is 24.2 Å². The molecule has 2 aromatic carbocycles. The van der Waals surface area contributed by atoms with Crippen molar-refractivity contribution in [3.05, 3.63) is 58.7 Å². The van der Waals surface area contributed by atoms with Crippen molar-refractivity contribution in [2.24, 2.45) is 28.4 Å². The molecule has 0 heterocycles. The summed E-state index contributed by atoms with van der Waals surface area (Å²) in [4.78, 5) is 78.7. The first-order valence-corrected chi connectivity index (χ1v) is 21.7. The van der Waals surface area contributed by atoms with Gasteiger partial charge < -0.3 is 26.2 Å². The molecule has 2 aromatic rings. The summed E-state index contributed by atoms with van der Waals surface area (Å²) in [6.45, 7) is 15.5. The third-order valence-electron chi connectivity index (χ3n) is 14.7. The van der Waals surface area contributed by atoms with Gasteiger partial charge in [0.05, 0.1) is 16.9 Å². The molecule has 0 aliphatic heterocycles. The minimum Gasteiger partial charge on any atom is -0.481 e. The van der Waals surface area contributed by atoms with Crippen molar-refractivity contribution in [1.29, 1.82) is 0 Å². The number of anilines is 2. The summed E-state index contributed by atoms with van der Waals surface area (Å²) in [6.07, 6.45) is 7.04. The fourth-order valence-corrected chi connectivity index (χ4v) is 11.5. The van der Waals surface area contributed by atoms with Gasteiger partial charge in [-0.15, -0.1) is 0 Å². The number of amides is 5. The molecule has 13 heteroatoms. The van der Waals surface area contributed by atoms with E-state index >= 15 is 0 Å². The highest BCUT2D eigenvalue weighted by molar-refractivity contribution is 6.01. The van der Waals surface area contributed by atoms with Crippen molar-refractivity contribution >= 4 is 47.1 Å². The Bertz CT molecular complexity index is 2060. The molecule has 2 saturated carbocycles. The molecule has 326 valence electrons. The minimum atomic E-state index is -1.06. The Morgan fingerprint density at radius 1 is 0.767 bits per heavy atom. The summed E-state index contributed by atoms with van der Waals surface area (Å²) in [5.74, 6) is -2.61. The molecule has 7 N–H and O–H groups in total. The zero-order valence-corrected chi connectivity index (χ0v) is 36.6. The lowest BCUT2D eigenvalue weighted by Crippen LogP contribution is -2.60. The number of nitrogens with two attached hydrogens (primary N) is 1. The number of benzene rings is 2. The first-order chi connectivity index (χ1) is 28.0. The van der Waals surface area contributed by atoms with Crippen LogP contribution in [0.2, 0.25) is 0 Å². The first-order valence-electron chi connectivity index (χ1n) is 21.7. The van der Waals surface area contributed by atoms with Crippen LogP contribution in [0.25, 0.3) is 0 Å². The van der Waals surface area contributed by atoms with Crippen LogP contribution in [-0.2, 0) is 52.4 Å². The standard InChI is InChI=1S/C47H65N5O8/c1-27(49-39(56)34(48)17-20-37(53)54)38(55)50-30-15-11-28-13-18-35-44(5,32(28)25-30)21-9-23-46(35,7)40(57)52-41(58)47(8)24-10-22-45(6)33-26-31(51-42(59)60-43(2,3)4)16-12-29(33)14-19-36(45)47/h11-12,15-16,25-27,34-36H,9-10,13-14,17-24,48H2,1-8H3,(H,49,56)(H,50,55)(H,51,59)(H,53,54)(H,52,57,58)/t27-,34?,35+,36+,44+,45+,46-,47-/m0/s1. The number of rotatable bonds is 10. The van der Waals surface area contributed by atoms with Crippen LogP contribution in [0.4, 0.5) is 16.2 Å². The predicted molar refractivity (Wildman–Crippen MR) is 229 cm³/mol. The number of aliphatic carboxylic acids is 1. The van der Waals surface area contributed by atoms with E-state index < -0.39 is 57.8 Å².